The van der Waals surface area contributed by atoms with Crippen LogP contribution in [-0.2, 0) is 23.0 Å². The van der Waals surface area contributed by atoms with Crippen LogP contribution in [0.15, 0.2) is 12.1 Å². The number of methoxy groups -OCH3 is 2. The average molecular weight is 313 g/mol. The van der Waals surface area contributed by atoms with Gasteiger partial charge in [-0.3, -0.25) is 0 Å². The summed E-state index contributed by atoms with van der Waals surface area (Å²) in [6.07, 6.45) is 0.655. The van der Waals surface area contributed by atoms with Crippen LogP contribution in [0.1, 0.15) is 31.9 Å². The molecule has 0 saturated heterocycles. The highest BCUT2D eigenvalue weighted by Crippen LogP contribution is 2.38. The molecule has 0 unspecified atom stereocenters. The van der Waals surface area contributed by atoms with Crippen LogP contribution in [0.25, 0.3) is 0 Å². The van der Waals surface area contributed by atoms with E-state index < -0.39 is 15.6 Å². The van der Waals surface area contributed by atoms with Crippen LogP contribution in [-0.4, -0.2) is 38.2 Å². The van der Waals surface area contributed by atoms with Crippen LogP contribution in [0.4, 0.5) is 0 Å². The molecule has 21 heavy (non-hydrogen) atoms. The largest absolute Gasteiger partial charge is 0.493 e. The van der Waals surface area contributed by atoms with Gasteiger partial charge in [0.15, 0.2) is 11.5 Å². The van der Waals surface area contributed by atoms with E-state index in [1.54, 1.807) is 25.4 Å². The molecule has 5 nitrogen and oxygen atoms in total. The number of hydrogen-bond acceptors (Lipinski definition) is 4. The molecule has 0 fully saturated rings. The Bertz CT molecular complexity index is 637. The van der Waals surface area contributed by atoms with E-state index in [4.69, 9.17) is 9.47 Å². The molecule has 1 aromatic rings. The first-order valence-electron chi connectivity index (χ1n) is 6.99. The van der Waals surface area contributed by atoms with Crippen molar-refractivity contribution in [1.29, 1.82) is 0 Å². The molecule has 1 aliphatic heterocycles. The molecule has 0 amide bonds. The zero-order valence-corrected chi connectivity index (χ0v) is 14.1. The lowest BCUT2D eigenvalue weighted by atomic mass is 9.87. The standard InChI is InChI=1S/C15H23NO4S/c1-6-21(17,18)16-10-12-8-14(20-5)13(19-4)7-11(12)9-15(16,2)3/h7-8H,6,9-10H2,1-5H3. The maximum Gasteiger partial charge on any atom is 0.214 e. The Kier molecular flexibility index (Phi) is 4.22. The Balaban J connectivity index is 2.51. The van der Waals surface area contributed by atoms with Crippen LogP contribution >= 0.6 is 0 Å². The average Bonchev–Trinajstić information content (AvgIpc) is 2.44. The molecule has 0 spiro atoms. The maximum absolute atomic E-state index is 12.3. The minimum absolute atomic E-state index is 0.110. The van der Waals surface area contributed by atoms with Gasteiger partial charge in [-0.2, -0.15) is 4.31 Å². The van der Waals surface area contributed by atoms with Gasteiger partial charge in [0.1, 0.15) is 0 Å². The van der Waals surface area contributed by atoms with Gasteiger partial charge in [-0.15, -0.1) is 0 Å². The highest BCUT2D eigenvalue weighted by molar-refractivity contribution is 7.89. The Hall–Kier alpha value is -1.27. The molecule has 0 radical (unpaired) electrons. The molecule has 1 heterocycles. The summed E-state index contributed by atoms with van der Waals surface area (Å²) in [4.78, 5) is 0. The van der Waals surface area contributed by atoms with Crippen molar-refractivity contribution in [2.75, 3.05) is 20.0 Å². The molecule has 6 heteroatoms. The molecule has 0 atom stereocenters. The van der Waals surface area contributed by atoms with E-state index in [0.29, 0.717) is 24.5 Å². The maximum atomic E-state index is 12.3. The number of hydrogen-bond donors (Lipinski definition) is 0. The topological polar surface area (TPSA) is 55.8 Å². The van der Waals surface area contributed by atoms with E-state index in [-0.39, 0.29) is 5.75 Å². The highest BCUT2D eigenvalue weighted by Gasteiger charge is 2.39. The SMILES string of the molecule is CCS(=O)(=O)N1Cc2cc(OC)c(OC)cc2CC1(C)C. The van der Waals surface area contributed by atoms with Crippen LogP contribution < -0.4 is 9.47 Å². The van der Waals surface area contributed by atoms with Gasteiger partial charge in [0.2, 0.25) is 10.0 Å². The number of sulfonamides is 1. The fourth-order valence-electron chi connectivity index (χ4n) is 2.83. The number of rotatable bonds is 4. The second-order valence-corrected chi connectivity index (χ2v) is 8.05. The lowest BCUT2D eigenvalue weighted by Gasteiger charge is -2.42. The van der Waals surface area contributed by atoms with E-state index in [1.165, 1.54) is 0 Å². The van der Waals surface area contributed by atoms with E-state index in [9.17, 15) is 8.42 Å². The fourth-order valence-corrected chi connectivity index (χ4v) is 4.29. The Morgan fingerprint density at radius 3 is 2.14 bits per heavy atom. The summed E-state index contributed by atoms with van der Waals surface area (Å²) in [6.45, 7) is 5.97. The Morgan fingerprint density at radius 1 is 1.14 bits per heavy atom. The second-order valence-electron chi connectivity index (χ2n) is 5.87. The third-order valence-electron chi connectivity index (χ3n) is 4.02. The Morgan fingerprint density at radius 2 is 1.67 bits per heavy atom. The van der Waals surface area contributed by atoms with Gasteiger partial charge in [-0.1, -0.05) is 0 Å². The van der Waals surface area contributed by atoms with Gasteiger partial charge < -0.3 is 9.47 Å². The van der Waals surface area contributed by atoms with E-state index in [1.807, 2.05) is 26.0 Å². The number of benzene rings is 1. The summed E-state index contributed by atoms with van der Waals surface area (Å²) < 4.78 is 36.9. The molecular formula is C15H23NO4S. The molecule has 1 aromatic carbocycles. The third kappa shape index (κ3) is 2.87. The Labute approximate surface area is 126 Å². The van der Waals surface area contributed by atoms with Gasteiger partial charge in [0, 0.05) is 12.1 Å². The van der Waals surface area contributed by atoms with E-state index in [0.717, 1.165) is 11.1 Å². The van der Waals surface area contributed by atoms with Crippen molar-refractivity contribution in [3.05, 3.63) is 23.3 Å². The van der Waals surface area contributed by atoms with Crippen LogP contribution in [0.3, 0.4) is 0 Å². The van der Waals surface area contributed by atoms with Crippen molar-refractivity contribution >= 4 is 10.0 Å². The van der Waals surface area contributed by atoms with Crippen molar-refractivity contribution in [3.8, 4) is 11.5 Å². The minimum Gasteiger partial charge on any atom is -0.493 e. The van der Waals surface area contributed by atoms with Gasteiger partial charge in [-0.05, 0) is 50.5 Å². The van der Waals surface area contributed by atoms with Crippen molar-refractivity contribution in [2.45, 2.75) is 39.3 Å². The molecule has 0 aromatic heterocycles. The highest BCUT2D eigenvalue weighted by atomic mass is 32.2. The minimum atomic E-state index is -3.25. The summed E-state index contributed by atoms with van der Waals surface area (Å²) >= 11 is 0. The molecule has 2 rings (SSSR count). The first-order chi connectivity index (χ1) is 9.75. The van der Waals surface area contributed by atoms with E-state index >= 15 is 0 Å². The molecule has 0 aliphatic carbocycles. The van der Waals surface area contributed by atoms with Crippen molar-refractivity contribution in [1.82, 2.24) is 4.31 Å². The number of nitrogens with zero attached hydrogens (tertiary/aromatic N) is 1. The lowest BCUT2D eigenvalue weighted by molar-refractivity contribution is 0.202. The van der Waals surface area contributed by atoms with Gasteiger partial charge in [-0.25, -0.2) is 8.42 Å². The van der Waals surface area contributed by atoms with Crippen molar-refractivity contribution in [3.63, 3.8) is 0 Å². The first-order valence-corrected chi connectivity index (χ1v) is 8.60. The zero-order chi connectivity index (χ0) is 15.8. The predicted octanol–water partition coefficient (Wildman–Crippen LogP) is 2.19. The third-order valence-corrected chi connectivity index (χ3v) is 6.04. The monoisotopic (exact) mass is 313 g/mol. The van der Waals surface area contributed by atoms with Crippen LogP contribution in [0.5, 0.6) is 11.5 Å². The molecular weight excluding hydrogens is 290 g/mol. The lowest BCUT2D eigenvalue weighted by Crippen LogP contribution is -2.51. The summed E-state index contributed by atoms with van der Waals surface area (Å²) in [5.41, 5.74) is 1.64. The zero-order valence-electron chi connectivity index (χ0n) is 13.3. The molecule has 0 saturated carbocycles. The molecule has 0 bridgehead atoms. The van der Waals surface area contributed by atoms with Gasteiger partial charge in [0.05, 0.1) is 20.0 Å². The van der Waals surface area contributed by atoms with E-state index in [2.05, 4.69) is 0 Å². The summed E-state index contributed by atoms with van der Waals surface area (Å²) in [6, 6.07) is 3.83. The normalized spacial score (nSPS) is 18.1. The first kappa shape index (κ1) is 16.1. The predicted molar refractivity (Wildman–Crippen MR) is 82.3 cm³/mol. The molecule has 118 valence electrons. The number of fused-ring (bicyclic) bond motifs is 1. The van der Waals surface area contributed by atoms with Crippen molar-refractivity contribution < 1.29 is 17.9 Å². The smallest absolute Gasteiger partial charge is 0.214 e. The second kappa shape index (κ2) is 5.50. The molecule has 0 N–H and O–H groups in total. The summed E-state index contributed by atoms with van der Waals surface area (Å²) in [5.74, 6) is 1.42. The van der Waals surface area contributed by atoms with Crippen molar-refractivity contribution in [2.24, 2.45) is 0 Å². The van der Waals surface area contributed by atoms with Gasteiger partial charge in [0.25, 0.3) is 0 Å². The quantitative estimate of drug-likeness (QED) is 0.855. The summed E-state index contributed by atoms with van der Waals surface area (Å²) in [5, 5.41) is 0. The fraction of sp³-hybridized carbons (Fsp3) is 0.600. The van der Waals surface area contributed by atoms with Crippen LogP contribution in [0.2, 0.25) is 0 Å². The summed E-state index contributed by atoms with van der Waals surface area (Å²) in [7, 11) is -0.0614. The van der Waals surface area contributed by atoms with Gasteiger partial charge >= 0.3 is 0 Å². The number of ether oxygens (including phenoxy) is 2. The molecule has 1 aliphatic rings. The van der Waals surface area contributed by atoms with Crippen LogP contribution in [0, 0.1) is 0 Å².